The number of pyridine rings is 1. The molecule has 2 unspecified atom stereocenters. The SMILES string of the molecule is NCC1(CO)CC1c1cn2ccccc2n1. The number of aliphatic hydroxyl groups is 1. The Bertz CT molecular complexity index is 483. The van der Waals surface area contributed by atoms with Gasteiger partial charge in [-0.1, -0.05) is 6.07 Å². The summed E-state index contributed by atoms with van der Waals surface area (Å²) < 4.78 is 2.01. The third kappa shape index (κ3) is 1.27. The van der Waals surface area contributed by atoms with Crippen molar-refractivity contribution >= 4 is 5.65 Å². The number of aliphatic hydroxyl groups excluding tert-OH is 1. The Morgan fingerprint density at radius 3 is 3.06 bits per heavy atom. The van der Waals surface area contributed by atoms with Gasteiger partial charge in [-0.25, -0.2) is 4.98 Å². The molecule has 1 aliphatic carbocycles. The lowest BCUT2D eigenvalue weighted by Crippen LogP contribution is -2.21. The molecule has 2 atom stereocenters. The molecule has 84 valence electrons. The van der Waals surface area contributed by atoms with E-state index in [0.717, 1.165) is 17.8 Å². The molecule has 0 radical (unpaired) electrons. The van der Waals surface area contributed by atoms with E-state index in [4.69, 9.17) is 5.73 Å². The average molecular weight is 217 g/mol. The minimum Gasteiger partial charge on any atom is -0.396 e. The van der Waals surface area contributed by atoms with Gasteiger partial charge < -0.3 is 15.2 Å². The second-order valence-corrected chi connectivity index (χ2v) is 4.61. The van der Waals surface area contributed by atoms with Crippen LogP contribution in [0, 0.1) is 5.41 Å². The van der Waals surface area contributed by atoms with E-state index in [-0.39, 0.29) is 12.0 Å². The second kappa shape index (κ2) is 3.30. The largest absolute Gasteiger partial charge is 0.396 e. The first-order chi connectivity index (χ1) is 7.79. The summed E-state index contributed by atoms with van der Waals surface area (Å²) in [5.41, 5.74) is 7.59. The number of rotatable bonds is 3. The molecule has 0 aliphatic heterocycles. The van der Waals surface area contributed by atoms with Crippen molar-refractivity contribution < 1.29 is 5.11 Å². The van der Waals surface area contributed by atoms with Gasteiger partial charge in [0.2, 0.25) is 0 Å². The fourth-order valence-corrected chi connectivity index (χ4v) is 2.35. The van der Waals surface area contributed by atoms with Crippen LogP contribution in [0.25, 0.3) is 5.65 Å². The van der Waals surface area contributed by atoms with Crippen molar-refractivity contribution in [2.24, 2.45) is 11.1 Å². The first-order valence-corrected chi connectivity index (χ1v) is 5.54. The standard InChI is InChI=1S/C12H15N3O/c13-7-12(8-16)5-9(12)10-6-15-4-2-1-3-11(15)14-10/h1-4,6,9,16H,5,7-8,13H2. The molecule has 0 spiro atoms. The van der Waals surface area contributed by atoms with Gasteiger partial charge in [-0.2, -0.15) is 0 Å². The minimum absolute atomic E-state index is 0.113. The lowest BCUT2D eigenvalue weighted by atomic mass is 10.0. The molecule has 0 bridgehead atoms. The Hall–Kier alpha value is -1.39. The Labute approximate surface area is 93.7 Å². The van der Waals surface area contributed by atoms with Gasteiger partial charge in [0.15, 0.2) is 0 Å². The van der Waals surface area contributed by atoms with E-state index < -0.39 is 0 Å². The Morgan fingerprint density at radius 2 is 2.44 bits per heavy atom. The monoisotopic (exact) mass is 217 g/mol. The zero-order valence-electron chi connectivity index (χ0n) is 9.00. The van der Waals surface area contributed by atoms with Crippen LogP contribution < -0.4 is 5.73 Å². The number of aromatic nitrogens is 2. The predicted molar refractivity (Wildman–Crippen MR) is 61.1 cm³/mol. The van der Waals surface area contributed by atoms with E-state index in [1.807, 2.05) is 35.0 Å². The average Bonchev–Trinajstić information content (AvgIpc) is 2.92. The first-order valence-electron chi connectivity index (χ1n) is 5.54. The van der Waals surface area contributed by atoms with Crippen molar-refractivity contribution in [2.75, 3.05) is 13.2 Å². The molecule has 4 heteroatoms. The normalized spacial score (nSPS) is 28.5. The summed E-state index contributed by atoms with van der Waals surface area (Å²) in [6.45, 7) is 0.685. The van der Waals surface area contributed by atoms with Gasteiger partial charge >= 0.3 is 0 Å². The zero-order valence-corrected chi connectivity index (χ0v) is 9.00. The molecule has 0 saturated heterocycles. The van der Waals surface area contributed by atoms with E-state index in [9.17, 15) is 5.11 Å². The molecule has 1 fully saturated rings. The van der Waals surface area contributed by atoms with E-state index in [2.05, 4.69) is 4.98 Å². The topological polar surface area (TPSA) is 63.5 Å². The third-order valence-corrected chi connectivity index (χ3v) is 3.65. The van der Waals surface area contributed by atoms with Crippen LogP contribution in [0.5, 0.6) is 0 Å². The molecule has 1 saturated carbocycles. The van der Waals surface area contributed by atoms with Crippen LogP contribution in [-0.4, -0.2) is 27.6 Å². The van der Waals surface area contributed by atoms with Gasteiger partial charge in [0.05, 0.1) is 12.3 Å². The van der Waals surface area contributed by atoms with Crippen LogP contribution >= 0.6 is 0 Å². The van der Waals surface area contributed by atoms with E-state index >= 15 is 0 Å². The lowest BCUT2D eigenvalue weighted by molar-refractivity contribution is 0.211. The molecule has 2 aromatic heterocycles. The van der Waals surface area contributed by atoms with Gasteiger partial charge in [0.25, 0.3) is 0 Å². The van der Waals surface area contributed by atoms with Gasteiger partial charge in [-0.15, -0.1) is 0 Å². The summed E-state index contributed by atoms with van der Waals surface area (Å²) in [6, 6.07) is 5.93. The molecule has 2 heterocycles. The fourth-order valence-electron chi connectivity index (χ4n) is 2.35. The molecular formula is C12H15N3O. The van der Waals surface area contributed by atoms with Crippen LogP contribution in [-0.2, 0) is 0 Å². The van der Waals surface area contributed by atoms with Crippen LogP contribution in [0.2, 0.25) is 0 Å². The van der Waals surface area contributed by atoms with Gasteiger partial charge in [-0.3, -0.25) is 0 Å². The summed E-state index contributed by atoms with van der Waals surface area (Å²) in [7, 11) is 0. The summed E-state index contributed by atoms with van der Waals surface area (Å²) in [5, 5.41) is 9.35. The molecule has 3 N–H and O–H groups in total. The highest BCUT2D eigenvalue weighted by Gasteiger charge is 2.54. The van der Waals surface area contributed by atoms with Crippen LogP contribution in [0.4, 0.5) is 0 Å². The summed E-state index contributed by atoms with van der Waals surface area (Å²) in [6.07, 6.45) is 4.97. The second-order valence-electron chi connectivity index (χ2n) is 4.61. The predicted octanol–water partition coefficient (Wildman–Crippen LogP) is 0.759. The Morgan fingerprint density at radius 1 is 1.56 bits per heavy atom. The molecular weight excluding hydrogens is 202 g/mol. The smallest absolute Gasteiger partial charge is 0.136 e. The fraction of sp³-hybridized carbons (Fsp3) is 0.417. The maximum Gasteiger partial charge on any atom is 0.136 e. The number of imidazole rings is 1. The van der Waals surface area contributed by atoms with Crippen molar-refractivity contribution in [2.45, 2.75) is 12.3 Å². The zero-order chi connectivity index (χ0) is 11.2. The quantitative estimate of drug-likeness (QED) is 0.797. The Balaban J connectivity index is 1.97. The van der Waals surface area contributed by atoms with Gasteiger partial charge in [-0.05, 0) is 18.6 Å². The number of fused-ring (bicyclic) bond motifs is 1. The van der Waals surface area contributed by atoms with Crippen molar-refractivity contribution in [3.8, 4) is 0 Å². The maximum absolute atomic E-state index is 9.35. The molecule has 1 aliphatic rings. The number of hydrogen-bond donors (Lipinski definition) is 2. The molecule has 0 amide bonds. The van der Waals surface area contributed by atoms with Crippen molar-refractivity contribution in [3.05, 3.63) is 36.3 Å². The van der Waals surface area contributed by atoms with Crippen molar-refractivity contribution in [1.82, 2.24) is 9.38 Å². The number of nitrogens with two attached hydrogens (primary N) is 1. The van der Waals surface area contributed by atoms with E-state index in [0.29, 0.717) is 12.5 Å². The molecule has 4 nitrogen and oxygen atoms in total. The third-order valence-electron chi connectivity index (χ3n) is 3.65. The van der Waals surface area contributed by atoms with Crippen molar-refractivity contribution in [1.29, 1.82) is 0 Å². The highest BCUT2D eigenvalue weighted by atomic mass is 16.3. The van der Waals surface area contributed by atoms with Crippen LogP contribution in [0.1, 0.15) is 18.0 Å². The van der Waals surface area contributed by atoms with E-state index in [1.54, 1.807) is 0 Å². The van der Waals surface area contributed by atoms with Gasteiger partial charge in [0.1, 0.15) is 5.65 Å². The molecule has 0 aromatic carbocycles. The maximum atomic E-state index is 9.35. The van der Waals surface area contributed by atoms with E-state index in [1.165, 1.54) is 0 Å². The molecule has 2 aromatic rings. The minimum atomic E-state index is -0.113. The number of nitrogens with zero attached hydrogens (tertiary/aromatic N) is 2. The summed E-state index contributed by atoms with van der Waals surface area (Å²) >= 11 is 0. The van der Waals surface area contributed by atoms with Gasteiger partial charge in [0, 0.05) is 30.3 Å². The van der Waals surface area contributed by atoms with Crippen LogP contribution in [0.3, 0.4) is 0 Å². The Kier molecular flexibility index (Phi) is 2.02. The van der Waals surface area contributed by atoms with Crippen molar-refractivity contribution in [3.63, 3.8) is 0 Å². The first kappa shape index (κ1) is 9.81. The highest BCUT2D eigenvalue weighted by Crippen LogP contribution is 2.57. The number of hydrogen-bond acceptors (Lipinski definition) is 3. The molecule has 3 rings (SSSR count). The van der Waals surface area contributed by atoms with Crippen LogP contribution in [0.15, 0.2) is 30.6 Å². The highest BCUT2D eigenvalue weighted by molar-refractivity contribution is 5.41. The summed E-state index contributed by atoms with van der Waals surface area (Å²) in [5.74, 6) is 0.322. The molecule has 16 heavy (non-hydrogen) atoms. The lowest BCUT2D eigenvalue weighted by Gasteiger charge is -2.08. The summed E-state index contributed by atoms with van der Waals surface area (Å²) in [4.78, 5) is 4.56.